The Hall–Kier alpha value is -1.66. The van der Waals surface area contributed by atoms with Crippen LogP contribution in [0.25, 0.3) is 0 Å². The number of rotatable bonds is 4. The third-order valence-electron chi connectivity index (χ3n) is 4.45. The monoisotopic (exact) mass is 322 g/mol. The summed E-state index contributed by atoms with van der Waals surface area (Å²) in [5, 5.41) is 0. The fraction of sp³-hybridized carbons (Fsp3) is 0.647. The Balaban J connectivity index is 2.25. The van der Waals surface area contributed by atoms with Gasteiger partial charge in [-0.15, -0.1) is 0 Å². The second-order valence-electron chi connectivity index (χ2n) is 6.37. The summed E-state index contributed by atoms with van der Waals surface area (Å²) in [6.45, 7) is 10.9. The van der Waals surface area contributed by atoms with Gasteiger partial charge in [-0.3, -0.25) is 9.69 Å². The van der Waals surface area contributed by atoms with E-state index in [0.717, 1.165) is 13.1 Å². The smallest absolute Gasteiger partial charge is 0.339 e. The van der Waals surface area contributed by atoms with Gasteiger partial charge < -0.3 is 14.5 Å². The lowest BCUT2D eigenvalue weighted by Gasteiger charge is -2.38. The van der Waals surface area contributed by atoms with Crippen LogP contribution in [0, 0.1) is 13.8 Å². The molecule has 0 aliphatic carbocycles. The van der Waals surface area contributed by atoms with E-state index in [4.69, 9.17) is 9.47 Å². The number of ether oxygens (including phenoxy) is 2. The van der Waals surface area contributed by atoms with Crippen LogP contribution in [-0.4, -0.2) is 60.1 Å². The highest BCUT2D eigenvalue weighted by Crippen LogP contribution is 2.22. The van der Waals surface area contributed by atoms with Crippen molar-refractivity contribution in [3.63, 3.8) is 0 Å². The van der Waals surface area contributed by atoms with E-state index in [0.29, 0.717) is 22.5 Å². The first-order chi connectivity index (χ1) is 10.8. The van der Waals surface area contributed by atoms with Crippen LogP contribution in [0.15, 0.2) is 0 Å². The minimum absolute atomic E-state index is 0.0120. The standard InChI is InChI=1S/C17H26N2O4/c1-9-7-19(8-10(2)23-9)13(5)16(20)15-11(3)14(12(4)18-15)17(21)22-6/h9-10,13,18H,7-8H2,1-6H3/t9-,10-,13-/m1/s1. The van der Waals surface area contributed by atoms with Crippen molar-refractivity contribution in [2.24, 2.45) is 0 Å². The molecule has 6 nitrogen and oxygen atoms in total. The molecule has 23 heavy (non-hydrogen) atoms. The maximum atomic E-state index is 12.9. The fourth-order valence-electron chi connectivity index (χ4n) is 3.31. The van der Waals surface area contributed by atoms with Crippen LogP contribution in [-0.2, 0) is 9.47 Å². The summed E-state index contributed by atoms with van der Waals surface area (Å²) in [5.41, 5.74) is 2.25. The largest absolute Gasteiger partial charge is 0.465 e. The van der Waals surface area contributed by atoms with E-state index in [9.17, 15) is 9.59 Å². The topological polar surface area (TPSA) is 71.6 Å². The van der Waals surface area contributed by atoms with Gasteiger partial charge in [-0.05, 0) is 40.2 Å². The van der Waals surface area contributed by atoms with Gasteiger partial charge in [0.2, 0.25) is 0 Å². The Morgan fingerprint density at radius 2 is 1.83 bits per heavy atom. The summed E-state index contributed by atoms with van der Waals surface area (Å²) in [4.78, 5) is 30.0. The number of nitrogens with zero attached hydrogens (tertiary/aromatic N) is 1. The maximum absolute atomic E-state index is 12.9. The van der Waals surface area contributed by atoms with E-state index in [1.807, 2.05) is 20.8 Å². The Morgan fingerprint density at radius 1 is 1.26 bits per heavy atom. The van der Waals surface area contributed by atoms with E-state index >= 15 is 0 Å². The van der Waals surface area contributed by atoms with Crippen molar-refractivity contribution in [1.82, 2.24) is 9.88 Å². The highest BCUT2D eigenvalue weighted by atomic mass is 16.5. The van der Waals surface area contributed by atoms with Gasteiger partial charge in [0.1, 0.15) is 0 Å². The van der Waals surface area contributed by atoms with Gasteiger partial charge in [0.25, 0.3) is 0 Å². The van der Waals surface area contributed by atoms with E-state index in [1.54, 1.807) is 13.8 Å². The molecule has 0 amide bonds. The zero-order chi connectivity index (χ0) is 17.3. The van der Waals surface area contributed by atoms with Crippen molar-refractivity contribution in [2.45, 2.75) is 52.9 Å². The predicted octanol–water partition coefficient (Wildman–Crippen LogP) is 2.10. The van der Waals surface area contributed by atoms with Crippen molar-refractivity contribution in [2.75, 3.05) is 20.2 Å². The maximum Gasteiger partial charge on any atom is 0.339 e. The first-order valence-electron chi connectivity index (χ1n) is 7.97. The van der Waals surface area contributed by atoms with Crippen LogP contribution in [0.3, 0.4) is 0 Å². The van der Waals surface area contributed by atoms with Crippen molar-refractivity contribution >= 4 is 11.8 Å². The molecule has 1 aromatic heterocycles. The molecule has 1 aliphatic rings. The summed E-state index contributed by atoms with van der Waals surface area (Å²) in [5.74, 6) is -0.432. The second kappa shape index (κ2) is 6.84. The number of carbonyl (C=O) groups is 2. The van der Waals surface area contributed by atoms with Crippen LogP contribution in [0.2, 0.25) is 0 Å². The molecule has 0 radical (unpaired) electrons. The number of nitrogens with one attached hydrogen (secondary N) is 1. The molecule has 1 aliphatic heterocycles. The number of hydrogen-bond acceptors (Lipinski definition) is 5. The van der Waals surface area contributed by atoms with Crippen molar-refractivity contribution < 1.29 is 19.1 Å². The highest BCUT2D eigenvalue weighted by Gasteiger charge is 2.32. The number of hydrogen-bond donors (Lipinski definition) is 1. The quantitative estimate of drug-likeness (QED) is 0.679. The first-order valence-corrected chi connectivity index (χ1v) is 7.97. The third kappa shape index (κ3) is 3.48. The van der Waals surface area contributed by atoms with Gasteiger partial charge in [-0.1, -0.05) is 0 Å². The summed E-state index contributed by atoms with van der Waals surface area (Å²) in [6, 6.07) is -0.272. The third-order valence-corrected chi connectivity index (χ3v) is 4.45. The van der Waals surface area contributed by atoms with Gasteiger partial charge in [0.05, 0.1) is 36.6 Å². The molecule has 1 N–H and O–H groups in total. The molecule has 3 atom stereocenters. The average molecular weight is 322 g/mol. The number of aromatic nitrogens is 1. The minimum atomic E-state index is -0.420. The zero-order valence-electron chi connectivity index (χ0n) is 14.7. The average Bonchev–Trinajstić information content (AvgIpc) is 2.79. The lowest BCUT2D eigenvalue weighted by atomic mass is 10.0. The molecular weight excluding hydrogens is 296 g/mol. The number of H-pyrrole nitrogens is 1. The predicted molar refractivity (Wildman–Crippen MR) is 87.0 cm³/mol. The summed E-state index contributed by atoms with van der Waals surface area (Å²) in [6.07, 6.45) is 0.206. The highest BCUT2D eigenvalue weighted by molar-refractivity contribution is 6.03. The molecular formula is C17H26N2O4. The molecule has 1 fully saturated rings. The molecule has 2 rings (SSSR count). The molecule has 0 bridgehead atoms. The number of ketones is 1. The fourth-order valence-corrected chi connectivity index (χ4v) is 3.31. The van der Waals surface area contributed by atoms with Crippen molar-refractivity contribution in [1.29, 1.82) is 0 Å². The van der Waals surface area contributed by atoms with Gasteiger partial charge in [-0.2, -0.15) is 0 Å². The van der Waals surface area contributed by atoms with Crippen LogP contribution >= 0.6 is 0 Å². The van der Waals surface area contributed by atoms with E-state index in [2.05, 4.69) is 9.88 Å². The molecule has 1 saturated heterocycles. The molecule has 128 valence electrons. The molecule has 0 spiro atoms. The van der Waals surface area contributed by atoms with E-state index < -0.39 is 5.97 Å². The van der Waals surface area contributed by atoms with Gasteiger partial charge >= 0.3 is 5.97 Å². The molecule has 6 heteroatoms. The lowest BCUT2D eigenvalue weighted by Crippen LogP contribution is -2.51. The number of methoxy groups -OCH3 is 1. The normalized spacial score (nSPS) is 23.6. The van der Waals surface area contributed by atoms with Crippen LogP contribution < -0.4 is 0 Å². The summed E-state index contributed by atoms with van der Waals surface area (Å²) < 4.78 is 10.5. The number of morpholine rings is 1. The number of aromatic amines is 1. The minimum Gasteiger partial charge on any atom is -0.465 e. The second-order valence-corrected chi connectivity index (χ2v) is 6.37. The Bertz CT molecular complexity index is 598. The number of Topliss-reactive ketones (excluding diaryl/α,β-unsaturated/α-hetero) is 1. The lowest BCUT2D eigenvalue weighted by molar-refractivity contribution is -0.0744. The molecule has 0 saturated carbocycles. The number of esters is 1. The Kier molecular flexibility index (Phi) is 5.26. The van der Waals surface area contributed by atoms with Crippen molar-refractivity contribution in [3.05, 3.63) is 22.5 Å². The molecule has 2 heterocycles. The first kappa shape index (κ1) is 17.7. The van der Waals surface area contributed by atoms with E-state index in [-0.39, 0.29) is 24.0 Å². The SMILES string of the molecule is COC(=O)c1c(C)[nH]c(C(=O)[C@@H](C)N2C[C@@H](C)O[C@H](C)C2)c1C. The van der Waals surface area contributed by atoms with Crippen molar-refractivity contribution in [3.8, 4) is 0 Å². The van der Waals surface area contributed by atoms with E-state index in [1.165, 1.54) is 7.11 Å². The van der Waals surface area contributed by atoms with Gasteiger partial charge in [-0.25, -0.2) is 4.79 Å². The van der Waals surface area contributed by atoms with Gasteiger partial charge in [0.15, 0.2) is 5.78 Å². The van der Waals surface area contributed by atoms with Crippen LogP contribution in [0.1, 0.15) is 52.9 Å². The number of aryl methyl sites for hydroxylation is 1. The van der Waals surface area contributed by atoms with Gasteiger partial charge in [0, 0.05) is 18.8 Å². The Labute approximate surface area is 137 Å². The molecule has 0 unspecified atom stereocenters. The van der Waals surface area contributed by atoms with Crippen LogP contribution in [0.5, 0.6) is 0 Å². The van der Waals surface area contributed by atoms with Crippen LogP contribution in [0.4, 0.5) is 0 Å². The zero-order valence-corrected chi connectivity index (χ0v) is 14.7. The molecule has 1 aromatic rings. The molecule has 0 aromatic carbocycles. The Morgan fingerprint density at radius 3 is 2.35 bits per heavy atom. The summed E-state index contributed by atoms with van der Waals surface area (Å²) in [7, 11) is 1.34. The number of carbonyl (C=O) groups excluding carboxylic acids is 2. The summed E-state index contributed by atoms with van der Waals surface area (Å²) >= 11 is 0.